The molecular formula is C12H14ClNO5S2. The van der Waals surface area contributed by atoms with E-state index in [0.29, 0.717) is 5.56 Å². The number of sulfone groups is 1. The van der Waals surface area contributed by atoms with E-state index in [1.807, 2.05) is 0 Å². The Bertz CT molecular complexity index is 755. The average molecular weight is 352 g/mol. The smallest absolute Gasteiger partial charge is 0.240 e. The third-order valence-electron chi connectivity index (χ3n) is 3.16. The van der Waals surface area contributed by atoms with Crippen molar-refractivity contribution >= 4 is 37.2 Å². The van der Waals surface area contributed by atoms with Gasteiger partial charge in [-0.1, -0.05) is 12.1 Å². The summed E-state index contributed by atoms with van der Waals surface area (Å²) in [5.74, 6) is -0.730. The Hall–Kier alpha value is -0.960. The highest BCUT2D eigenvalue weighted by Gasteiger charge is 2.38. The highest BCUT2D eigenvalue weighted by Crippen LogP contribution is 2.20. The topological polar surface area (TPSA) is 97.4 Å². The summed E-state index contributed by atoms with van der Waals surface area (Å²) in [4.78, 5) is 11.1. The Labute approximate surface area is 128 Å². The molecule has 1 fully saturated rings. The van der Waals surface area contributed by atoms with E-state index in [0.717, 1.165) is 0 Å². The summed E-state index contributed by atoms with van der Waals surface area (Å²) in [6.45, 7) is 1.38. The van der Waals surface area contributed by atoms with E-state index in [1.54, 1.807) is 0 Å². The number of sulfonamides is 1. The normalized spacial score (nSPS) is 24.9. The van der Waals surface area contributed by atoms with Crippen molar-refractivity contribution in [3.8, 4) is 0 Å². The Kier molecular flexibility index (Phi) is 4.44. The van der Waals surface area contributed by atoms with E-state index in [-0.39, 0.29) is 22.2 Å². The largest absolute Gasteiger partial charge is 0.295 e. The monoisotopic (exact) mass is 351 g/mol. The fourth-order valence-corrected chi connectivity index (χ4v) is 6.06. The molecule has 0 saturated carbocycles. The molecule has 1 aliphatic heterocycles. The lowest BCUT2D eigenvalue weighted by Gasteiger charge is -2.14. The molecule has 0 bridgehead atoms. The summed E-state index contributed by atoms with van der Waals surface area (Å²) in [6, 6.07) is 4.55. The van der Waals surface area contributed by atoms with E-state index in [9.17, 15) is 21.6 Å². The fraction of sp³-hybridized carbons (Fsp3) is 0.417. The molecule has 1 aliphatic rings. The van der Waals surface area contributed by atoms with Crippen LogP contribution in [-0.4, -0.2) is 45.5 Å². The molecule has 116 valence electrons. The minimum absolute atomic E-state index is 0.0411. The van der Waals surface area contributed by atoms with Crippen LogP contribution in [0.5, 0.6) is 0 Å². The summed E-state index contributed by atoms with van der Waals surface area (Å²) in [6.07, 6.45) is 0. The third kappa shape index (κ3) is 3.82. The number of halogens is 1. The van der Waals surface area contributed by atoms with Gasteiger partial charge < -0.3 is 0 Å². The first-order valence-electron chi connectivity index (χ1n) is 6.08. The molecule has 6 nitrogen and oxygen atoms in total. The number of Topliss-reactive ketones (excluding diaryl/α,β-unsaturated/α-hetero) is 1. The number of ketones is 1. The van der Waals surface area contributed by atoms with Crippen LogP contribution < -0.4 is 4.72 Å². The fourth-order valence-electron chi connectivity index (χ4n) is 2.05. The quantitative estimate of drug-likeness (QED) is 0.632. The van der Waals surface area contributed by atoms with E-state index in [2.05, 4.69) is 4.72 Å². The lowest BCUT2D eigenvalue weighted by atomic mass is 10.2. The number of hydrogen-bond donors (Lipinski definition) is 1. The summed E-state index contributed by atoms with van der Waals surface area (Å²) >= 11 is 5.87. The first-order chi connectivity index (χ1) is 9.61. The first-order valence-corrected chi connectivity index (χ1v) is 9.83. The Morgan fingerprint density at radius 2 is 1.81 bits per heavy atom. The molecule has 1 aromatic carbocycles. The van der Waals surface area contributed by atoms with Crippen molar-refractivity contribution in [2.24, 2.45) is 0 Å². The molecule has 2 rings (SSSR count). The molecular weight excluding hydrogens is 338 g/mol. The van der Waals surface area contributed by atoms with Crippen molar-refractivity contribution in [1.29, 1.82) is 0 Å². The maximum absolute atomic E-state index is 12.2. The van der Waals surface area contributed by atoms with Gasteiger partial charge in [-0.3, -0.25) is 4.79 Å². The van der Waals surface area contributed by atoms with Crippen molar-refractivity contribution in [3.05, 3.63) is 29.8 Å². The number of benzene rings is 1. The molecule has 0 amide bonds. The van der Waals surface area contributed by atoms with Crippen LogP contribution in [0.2, 0.25) is 0 Å². The van der Waals surface area contributed by atoms with Crippen LogP contribution in [0.15, 0.2) is 29.2 Å². The van der Waals surface area contributed by atoms with Gasteiger partial charge in [0, 0.05) is 5.56 Å². The van der Waals surface area contributed by atoms with Gasteiger partial charge in [0.25, 0.3) is 0 Å². The van der Waals surface area contributed by atoms with Gasteiger partial charge in [0.15, 0.2) is 15.6 Å². The SMILES string of the molecule is CC(=O)c1ccc(S(=O)(=O)NC2CS(=O)(=O)CC2Cl)cc1. The second-order valence-electron chi connectivity index (χ2n) is 4.90. The first kappa shape index (κ1) is 16.4. The molecule has 0 aliphatic carbocycles. The molecule has 21 heavy (non-hydrogen) atoms. The van der Waals surface area contributed by atoms with E-state index >= 15 is 0 Å². The van der Waals surface area contributed by atoms with E-state index in [1.165, 1.54) is 31.2 Å². The average Bonchev–Trinajstić information content (AvgIpc) is 2.61. The number of nitrogens with one attached hydrogen (secondary N) is 1. The molecule has 2 atom stereocenters. The maximum atomic E-state index is 12.2. The van der Waals surface area contributed by atoms with Crippen LogP contribution in [0, 0.1) is 0 Å². The van der Waals surface area contributed by atoms with Gasteiger partial charge in [-0.05, 0) is 19.1 Å². The Balaban J connectivity index is 2.21. The predicted octanol–water partition coefficient (Wildman–Crippen LogP) is 0.572. The van der Waals surface area contributed by atoms with Gasteiger partial charge in [0.1, 0.15) is 0 Å². The molecule has 1 aromatic rings. The summed E-state index contributed by atoms with van der Waals surface area (Å²) in [5.41, 5.74) is 0.396. The molecule has 1 heterocycles. The van der Waals surface area contributed by atoms with E-state index in [4.69, 9.17) is 11.6 Å². The van der Waals surface area contributed by atoms with Gasteiger partial charge in [0.05, 0.1) is 27.8 Å². The molecule has 0 aromatic heterocycles. The second kappa shape index (κ2) is 5.68. The standard InChI is InChI=1S/C12H14ClNO5S2/c1-8(15)9-2-4-10(5-3-9)21(18,19)14-12-7-20(16,17)6-11(12)13/h2-5,11-12,14H,6-7H2,1H3. The van der Waals surface area contributed by atoms with Crippen molar-refractivity contribution in [2.75, 3.05) is 11.5 Å². The maximum Gasteiger partial charge on any atom is 0.240 e. The summed E-state index contributed by atoms with van der Waals surface area (Å²) in [7, 11) is -7.20. The van der Waals surface area contributed by atoms with Crippen molar-refractivity contribution in [1.82, 2.24) is 4.72 Å². The van der Waals surface area contributed by atoms with Gasteiger partial charge in [-0.15, -0.1) is 11.6 Å². The molecule has 0 radical (unpaired) electrons. The highest BCUT2D eigenvalue weighted by molar-refractivity contribution is 7.92. The van der Waals surface area contributed by atoms with E-state index < -0.39 is 31.3 Å². The zero-order chi connectivity index (χ0) is 15.8. The van der Waals surface area contributed by atoms with Gasteiger partial charge in [-0.25, -0.2) is 21.6 Å². The number of rotatable bonds is 4. The van der Waals surface area contributed by atoms with Crippen LogP contribution in [0.4, 0.5) is 0 Å². The molecule has 2 unspecified atom stereocenters. The lowest BCUT2D eigenvalue weighted by Crippen LogP contribution is -2.40. The molecule has 9 heteroatoms. The van der Waals surface area contributed by atoms with Crippen LogP contribution >= 0.6 is 11.6 Å². The zero-order valence-electron chi connectivity index (χ0n) is 11.1. The van der Waals surface area contributed by atoms with Crippen LogP contribution in [0.3, 0.4) is 0 Å². The number of carbonyl (C=O) groups excluding carboxylic acids is 1. The lowest BCUT2D eigenvalue weighted by molar-refractivity contribution is 0.101. The number of carbonyl (C=O) groups is 1. The van der Waals surface area contributed by atoms with Gasteiger partial charge in [0.2, 0.25) is 10.0 Å². The van der Waals surface area contributed by atoms with Crippen molar-refractivity contribution < 1.29 is 21.6 Å². The second-order valence-corrected chi connectivity index (χ2v) is 9.33. The third-order valence-corrected chi connectivity index (χ3v) is 7.04. The molecule has 1 N–H and O–H groups in total. The summed E-state index contributed by atoms with van der Waals surface area (Å²) in [5, 5.41) is -0.790. The zero-order valence-corrected chi connectivity index (χ0v) is 13.5. The number of hydrogen-bond acceptors (Lipinski definition) is 5. The minimum Gasteiger partial charge on any atom is -0.295 e. The molecule has 0 spiro atoms. The van der Waals surface area contributed by atoms with Crippen molar-refractivity contribution in [3.63, 3.8) is 0 Å². The van der Waals surface area contributed by atoms with Gasteiger partial charge >= 0.3 is 0 Å². The highest BCUT2D eigenvalue weighted by atomic mass is 35.5. The van der Waals surface area contributed by atoms with Crippen LogP contribution in [0.1, 0.15) is 17.3 Å². The number of alkyl halides is 1. The van der Waals surface area contributed by atoms with Gasteiger partial charge in [-0.2, -0.15) is 0 Å². The summed E-state index contributed by atoms with van der Waals surface area (Å²) < 4.78 is 49.5. The molecule has 1 saturated heterocycles. The van der Waals surface area contributed by atoms with Crippen molar-refractivity contribution in [2.45, 2.75) is 23.2 Å². The Morgan fingerprint density at radius 3 is 2.24 bits per heavy atom. The predicted molar refractivity (Wildman–Crippen MR) is 78.9 cm³/mol. The van der Waals surface area contributed by atoms with Crippen LogP contribution in [-0.2, 0) is 19.9 Å². The van der Waals surface area contributed by atoms with Crippen LogP contribution in [0.25, 0.3) is 0 Å². The minimum atomic E-state index is -3.88. The Morgan fingerprint density at radius 1 is 1.24 bits per heavy atom.